The molecule has 1 unspecified atom stereocenters. The van der Waals surface area contributed by atoms with Gasteiger partial charge in [0.15, 0.2) is 0 Å². The highest BCUT2D eigenvalue weighted by molar-refractivity contribution is 5.51. The molecule has 1 aliphatic rings. The van der Waals surface area contributed by atoms with Crippen LogP contribution in [0.3, 0.4) is 0 Å². The number of para-hydroxylation sites is 1. The molecule has 2 heteroatoms. The van der Waals surface area contributed by atoms with Gasteiger partial charge in [0.2, 0.25) is 0 Å². The van der Waals surface area contributed by atoms with Crippen LogP contribution in [0.15, 0.2) is 42.7 Å². The maximum atomic E-state index is 2.61. The molecule has 1 aliphatic heterocycles. The molecule has 0 bridgehead atoms. The zero-order valence-corrected chi connectivity index (χ0v) is 23.6. The quantitative estimate of drug-likeness (QED) is 0.143. The monoisotopic (exact) mass is 482 g/mol. The summed E-state index contributed by atoms with van der Waals surface area (Å²) >= 11 is 0. The van der Waals surface area contributed by atoms with Gasteiger partial charge >= 0.3 is 0 Å². The molecule has 1 atom stereocenters. The van der Waals surface area contributed by atoms with Crippen LogP contribution in [0.4, 0.5) is 5.69 Å². The van der Waals surface area contributed by atoms with Crippen molar-refractivity contribution < 1.29 is 0 Å². The molecule has 0 saturated carbocycles. The molecule has 0 saturated heterocycles. The third-order valence-corrected chi connectivity index (χ3v) is 7.76. The van der Waals surface area contributed by atoms with E-state index in [1.165, 1.54) is 147 Å². The Morgan fingerprint density at radius 1 is 0.514 bits per heavy atom. The molecule has 0 aliphatic carbocycles. The Morgan fingerprint density at radius 2 is 0.971 bits per heavy atom. The number of nitrogens with zero attached hydrogens (tertiary/aromatic N) is 2. The number of hydrogen-bond acceptors (Lipinski definition) is 2. The number of benzene rings is 1. The molecule has 0 radical (unpaired) electrons. The highest BCUT2D eigenvalue weighted by Gasteiger charge is 2.26. The van der Waals surface area contributed by atoms with Crippen LogP contribution in [0.2, 0.25) is 0 Å². The minimum Gasteiger partial charge on any atom is -0.356 e. The zero-order valence-electron chi connectivity index (χ0n) is 23.6. The molecule has 0 amide bonds. The Bertz CT molecular complexity index is 611. The molecule has 0 N–H and O–H groups in total. The van der Waals surface area contributed by atoms with Crippen LogP contribution in [0.25, 0.3) is 0 Å². The highest BCUT2D eigenvalue weighted by atomic mass is 15.4. The summed E-state index contributed by atoms with van der Waals surface area (Å²) in [5, 5.41) is 0. The Labute approximate surface area is 219 Å². The van der Waals surface area contributed by atoms with Crippen molar-refractivity contribution in [3.8, 4) is 0 Å². The summed E-state index contributed by atoms with van der Waals surface area (Å²) in [7, 11) is 0. The molecule has 200 valence electrons. The van der Waals surface area contributed by atoms with Gasteiger partial charge in [-0.15, -0.1) is 0 Å². The largest absolute Gasteiger partial charge is 0.356 e. The average Bonchev–Trinajstić information content (AvgIpc) is 3.29. The normalized spacial score (nSPS) is 15.4. The average molecular weight is 483 g/mol. The van der Waals surface area contributed by atoms with Crippen molar-refractivity contribution in [2.75, 3.05) is 11.4 Å². The van der Waals surface area contributed by atoms with Crippen LogP contribution in [0, 0.1) is 0 Å². The Balaban J connectivity index is 1.52. The Kier molecular flexibility index (Phi) is 17.6. The third kappa shape index (κ3) is 13.4. The van der Waals surface area contributed by atoms with Gasteiger partial charge < -0.3 is 9.80 Å². The fourth-order valence-corrected chi connectivity index (χ4v) is 5.50. The van der Waals surface area contributed by atoms with E-state index in [1.807, 2.05) is 0 Å². The molecule has 35 heavy (non-hydrogen) atoms. The van der Waals surface area contributed by atoms with Crippen molar-refractivity contribution in [2.24, 2.45) is 0 Å². The molecular formula is C33H58N2. The van der Waals surface area contributed by atoms with Crippen LogP contribution in [0.1, 0.15) is 149 Å². The van der Waals surface area contributed by atoms with Gasteiger partial charge in [-0.25, -0.2) is 0 Å². The zero-order chi connectivity index (χ0) is 24.8. The fourth-order valence-electron chi connectivity index (χ4n) is 5.50. The van der Waals surface area contributed by atoms with Gasteiger partial charge in [-0.2, -0.15) is 0 Å². The maximum absolute atomic E-state index is 2.61. The van der Waals surface area contributed by atoms with Crippen molar-refractivity contribution >= 4 is 5.69 Å². The van der Waals surface area contributed by atoms with Crippen LogP contribution in [-0.2, 0) is 0 Å². The van der Waals surface area contributed by atoms with Crippen LogP contribution < -0.4 is 4.90 Å². The van der Waals surface area contributed by atoms with Gasteiger partial charge in [-0.05, 0) is 31.4 Å². The lowest BCUT2D eigenvalue weighted by Crippen LogP contribution is -2.39. The maximum Gasteiger partial charge on any atom is 0.105 e. The van der Waals surface area contributed by atoms with E-state index in [0.29, 0.717) is 6.17 Å². The second-order valence-electron chi connectivity index (χ2n) is 10.9. The van der Waals surface area contributed by atoms with E-state index in [4.69, 9.17) is 0 Å². The van der Waals surface area contributed by atoms with E-state index in [9.17, 15) is 0 Å². The predicted molar refractivity (Wildman–Crippen MR) is 157 cm³/mol. The second-order valence-corrected chi connectivity index (χ2v) is 10.9. The minimum atomic E-state index is 0.505. The molecule has 0 fully saturated rings. The summed E-state index contributed by atoms with van der Waals surface area (Å²) in [6, 6.07) is 11.0. The molecule has 1 heterocycles. The number of anilines is 1. The molecule has 2 rings (SSSR count). The van der Waals surface area contributed by atoms with Gasteiger partial charge in [0.1, 0.15) is 6.17 Å². The number of unbranched alkanes of at least 4 members (excludes halogenated alkanes) is 18. The van der Waals surface area contributed by atoms with Crippen LogP contribution in [-0.4, -0.2) is 17.6 Å². The SMILES string of the molecule is CCCCCCCCCCCCCCCCCCC1N(CCCCCC)C=CN1c1ccccc1. The standard InChI is InChI=1S/C33H58N2/c1-3-5-7-9-10-11-12-13-14-15-16-17-18-19-20-24-28-33-34(29-25-8-6-4-2)30-31-35(33)32-26-22-21-23-27-32/h21-23,26-27,30-31,33H,3-20,24-25,28-29H2,1-2H3. The molecular weight excluding hydrogens is 424 g/mol. The lowest BCUT2D eigenvalue weighted by atomic mass is 10.0. The van der Waals surface area contributed by atoms with Gasteiger partial charge in [-0.3, -0.25) is 0 Å². The Morgan fingerprint density at radius 3 is 1.49 bits per heavy atom. The van der Waals surface area contributed by atoms with Crippen molar-refractivity contribution in [3.63, 3.8) is 0 Å². The first kappa shape index (κ1) is 29.8. The summed E-state index contributed by atoms with van der Waals surface area (Å²) < 4.78 is 0. The first-order chi connectivity index (χ1) is 17.4. The number of rotatable bonds is 23. The molecule has 1 aromatic rings. The first-order valence-electron chi connectivity index (χ1n) is 15.6. The summed E-state index contributed by atoms with van der Waals surface area (Å²) in [6.45, 7) is 5.80. The summed E-state index contributed by atoms with van der Waals surface area (Å²) in [4.78, 5) is 5.11. The third-order valence-electron chi connectivity index (χ3n) is 7.76. The summed E-state index contributed by atoms with van der Waals surface area (Å²) in [5.41, 5.74) is 1.33. The first-order valence-corrected chi connectivity index (χ1v) is 15.6. The van der Waals surface area contributed by atoms with Gasteiger partial charge in [0.25, 0.3) is 0 Å². The molecule has 1 aromatic carbocycles. The van der Waals surface area contributed by atoms with Crippen molar-refractivity contribution in [3.05, 3.63) is 42.7 Å². The second kappa shape index (κ2) is 20.7. The summed E-state index contributed by atoms with van der Waals surface area (Å²) in [5.74, 6) is 0. The van der Waals surface area contributed by atoms with E-state index in [-0.39, 0.29) is 0 Å². The minimum absolute atomic E-state index is 0.505. The Hall–Kier alpha value is -1.44. The van der Waals surface area contributed by atoms with Gasteiger partial charge in [-0.1, -0.05) is 148 Å². The van der Waals surface area contributed by atoms with E-state index in [1.54, 1.807) is 0 Å². The van der Waals surface area contributed by atoms with E-state index in [0.717, 1.165) is 0 Å². The lowest BCUT2D eigenvalue weighted by molar-refractivity contribution is 0.273. The fraction of sp³-hybridized carbons (Fsp3) is 0.758. The van der Waals surface area contributed by atoms with Crippen molar-refractivity contribution in [2.45, 2.75) is 155 Å². The smallest absolute Gasteiger partial charge is 0.105 e. The van der Waals surface area contributed by atoms with Gasteiger partial charge in [0, 0.05) is 24.6 Å². The van der Waals surface area contributed by atoms with E-state index >= 15 is 0 Å². The highest BCUT2D eigenvalue weighted by Crippen LogP contribution is 2.28. The van der Waals surface area contributed by atoms with Gasteiger partial charge in [0.05, 0.1) is 0 Å². The predicted octanol–water partition coefficient (Wildman–Crippen LogP) is 10.8. The van der Waals surface area contributed by atoms with E-state index < -0.39 is 0 Å². The topological polar surface area (TPSA) is 6.48 Å². The molecule has 0 aromatic heterocycles. The van der Waals surface area contributed by atoms with Crippen molar-refractivity contribution in [1.29, 1.82) is 0 Å². The van der Waals surface area contributed by atoms with E-state index in [2.05, 4.69) is 66.4 Å². The van der Waals surface area contributed by atoms with Crippen molar-refractivity contribution in [1.82, 2.24) is 4.90 Å². The number of hydrogen-bond donors (Lipinski definition) is 0. The molecule has 0 spiro atoms. The molecule has 2 nitrogen and oxygen atoms in total. The van der Waals surface area contributed by atoms with Crippen LogP contribution in [0.5, 0.6) is 0 Å². The summed E-state index contributed by atoms with van der Waals surface area (Å²) in [6.07, 6.45) is 34.8. The van der Waals surface area contributed by atoms with Crippen LogP contribution >= 0.6 is 0 Å². The lowest BCUT2D eigenvalue weighted by Gasteiger charge is -2.33.